The second kappa shape index (κ2) is 5.97. The Hall–Kier alpha value is -1.33. The largest absolute Gasteiger partial charge is 0.333 e. The third kappa shape index (κ3) is 2.60. The van der Waals surface area contributed by atoms with Crippen molar-refractivity contribution in [3.05, 3.63) is 44.3 Å². The Labute approximate surface area is 127 Å². The molecular formula is C15H18N2OS2. The molecule has 0 aromatic carbocycles. The number of nitrogens with zero attached hydrogens (tertiary/aromatic N) is 1. The van der Waals surface area contributed by atoms with Crippen LogP contribution in [0.1, 0.15) is 34.7 Å². The van der Waals surface area contributed by atoms with Crippen molar-refractivity contribution in [3.8, 4) is 0 Å². The summed E-state index contributed by atoms with van der Waals surface area (Å²) in [7, 11) is 0. The molecule has 3 heterocycles. The van der Waals surface area contributed by atoms with Gasteiger partial charge in [0.1, 0.15) is 0 Å². The Morgan fingerprint density at radius 1 is 1.40 bits per heavy atom. The van der Waals surface area contributed by atoms with Crippen LogP contribution in [0.5, 0.6) is 0 Å². The molecule has 0 saturated heterocycles. The highest BCUT2D eigenvalue weighted by Crippen LogP contribution is 2.35. The lowest BCUT2D eigenvalue weighted by Gasteiger charge is -2.35. The Kier molecular flexibility index (Phi) is 4.08. The van der Waals surface area contributed by atoms with Crippen molar-refractivity contribution < 1.29 is 4.79 Å². The van der Waals surface area contributed by atoms with E-state index < -0.39 is 0 Å². The fourth-order valence-electron chi connectivity index (χ4n) is 2.76. The fraction of sp³-hybridized carbons (Fsp3) is 0.400. The first-order chi connectivity index (χ1) is 9.79. The van der Waals surface area contributed by atoms with Gasteiger partial charge in [0.15, 0.2) is 0 Å². The minimum atomic E-state index is 0.0575. The van der Waals surface area contributed by atoms with Crippen LogP contribution < -0.4 is 5.32 Å². The van der Waals surface area contributed by atoms with E-state index in [1.807, 2.05) is 27.7 Å². The molecule has 1 N–H and O–H groups in total. The van der Waals surface area contributed by atoms with Crippen molar-refractivity contribution >= 4 is 28.7 Å². The van der Waals surface area contributed by atoms with Gasteiger partial charge in [0.2, 0.25) is 0 Å². The van der Waals surface area contributed by atoms with Crippen molar-refractivity contribution in [2.45, 2.75) is 32.4 Å². The molecule has 5 heteroatoms. The smallest absolute Gasteiger partial charge is 0.318 e. The Morgan fingerprint density at radius 3 is 3.05 bits per heavy atom. The fourth-order valence-corrected chi connectivity index (χ4v) is 4.33. The Bertz CT molecular complexity index is 576. The lowest BCUT2D eigenvalue weighted by molar-refractivity contribution is 0.167. The van der Waals surface area contributed by atoms with Crippen molar-refractivity contribution in [2.24, 2.45) is 0 Å². The van der Waals surface area contributed by atoms with Gasteiger partial charge in [-0.1, -0.05) is 13.0 Å². The molecule has 2 aromatic rings. The number of rotatable bonds is 3. The molecule has 20 heavy (non-hydrogen) atoms. The van der Waals surface area contributed by atoms with E-state index in [1.165, 1.54) is 15.3 Å². The monoisotopic (exact) mass is 306 g/mol. The van der Waals surface area contributed by atoms with Gasteiger partial charge in [-0.15, -0.1) is 22.7 Å². The highest BCUT2D eigenvalue weighted by Gasteiger charge is 2.30. The van der Waals surface area contributed by atoms with Gasteiger partial charge in [-0.3, -0.25) is 0 Å². The molecule has 0 aliphatic carbocycles. The van der Waals surface area contributed by atoms with Gasteiger partial charge in [-0.2, -0.15) is 0 Å². The first-order valence-electron chi connectivity index (χ1n) is 6.92. The second-order valence-corrected chi connectivity index (χ2v) is 6.94. The summed E-state index contributed by atoms with van der Waals surface area (Å²) in [5.74, 6) is 0. The van der Waals surface area contributed by atoms with E-state index in [0.29, 0.717) is 6.54 Å². The molecule has 2 amide bonds. The van der Waals surface area contributed by atoms with Crippen molar-refractivity contribution in [3.63, 3.8) is 0 Å². The minimum absolute atomic E-state index is 0.0575. The maximum atomic E-state index is 12.4. The number of urea groups is 1. The number of hydrogen-bond acceptors (Lipinski definition) is 3. The zero-order valence-electron chi connectivity index (χ0n) is 11.5. The predicted octanol–water partition coefficient (Wildman–Crippen LogP) is 4.03. The SMILES string of the molecule is CCC1c2ccsc2CCN1C(=O)NCc1cccs1. The topological polar surface area (TPSA) is 32.3 Å². The molecule has 3 rings (SSSR count). The summed E-state index contributed by atoms with van der Waals surface area (Å²) < 4.78 is 0. The highest BCUT2D eigenvalue weighted by molar-refractivity contribution is 7.10. The molecule has 3 nitrogen and oxygen atoms in total. The van der Waals surface area contributed by atoms with Gasteiger partial charge in [0.05, 0.1) is 12.6 Å². The second-order valence-electron chi connectivity index (χ2n) is 4.90. The zero-order valence-corrected chi connectivity index (χ0v) is 13.1. The Morgan fingerprint density at radius 2 is 2.30 bits per heavy atom. The molecule has 106 valence electrons. The normalized spacial score (nSPS) is 17.9. The summed E-state index contributed by atoms with van der Waals surface area (Å²) in [6.45, 7) is 3.60. The number of thiophene rings is 2. The molecule has 1 aliphatic rings. The molecule has 0 saturated carbocycles. The lowest BCUT2D eigenvalue weighted by atomic mass is 9.98. The Balaban J connectivity index is 1.68. The van der Waals surface area contributed by atoms with Gasteiger partial charge in [-0.25, -0.2) is 4.79 Å². The number of amides is 2. The van der Waals surface area contributed by atoms with Gasteiger partial charge >= 0.3 is 6.03 Å². The molecule has 0 fully saturated rings. The number of hydrogen-bond donors (Lipinski definition) is 1. The molecular weight excluding hydrogens is 288 g/mol. The van der Waals surface area contributed by atoms with E-state index in [-0.39, 0.29) is 12.1 Å². The molecule has 1 aliphatic heterocycles. The number of fused-ring (bicyclic) bond motifs is 1. The lowest BCUT2D eigenvalue weighted by Crippen LogP contribution is -2.44. The van der Waals surface area contributed by atoms with E-state index in [9.17, 15) is 4.79 Å². The van der Waals surface area contributed by atoms with Crippen molar-refractivity contribution in [2.75, 3.05) is 6.54 Å². The predicted molar refractivity (Wildman–Crippen MR) is 84.3 cm³/mol. The van der Waals surface area contributed by atoms with Gasteiger partial charge in [0.25, 0.3) is 0 Å². The van der Waals surface area contributed by atoms with E-state index >= 15 is 0 Å². The summed E-state index contributed by atoms with van der Waals surface area (Å²) in [6.07, 6.45) is 1.95. The van der Waals surface area contributed by atoms with Crippen LogP contribution in [0, 0.1) is 0 Å². The van der Waals surface area contributed by atoms with Crippen LogP contribution in [0.25, 0.3) is 0 Å². The highest BCUT2D eigenvalue weighted by atomic mass is 32.1. The molecule has 1 unspecified atom stereocenters. The summed E-state index contributed by atoms with van der Waals surface area (Å²) >= 11 is 3.49. The van der Waals surface area contributed by atoms with E-state index in [4.69, 9.17) is 0 Å². The van der Waals surface area contributed by atoms with Crippen molar-refractivity contribution in [1.29, 1.82) is 0 Å². The maximum Gasteiger partial charge on any atom is 0.318 e. The third-order valence-electron chi connectivity index (χ3n) is 3.74. The average molecular weight is 306 g/mol. The van der Waals surface area contributed by atoms with E-state index in [0.717, 1.165) is 19.4 Å². The van der Waals surface area contributed by atoms with Crippen molar-refractivity contribution in [1.82, 2.24) is 10.2 Å². The minimum Gasteiger partial charge on any atom is -0.333 e. The van der Waals surface area contributed by atoms with E-state index in [2.05, 4.69) is 29.8 Å². The number of carbonyl (C=O) groups is 1. The van der Waals surface area contributed by atoms with Crippen LogP contribution in [0.2, 0.25) is 0 Å². The quantitative estimate of drug-likeness (QED) is 0.912. The molecule has 0 spiro atoms. The van der Waals surface area contributed by atoms with Gasteiger partial charge in [0, 0.05) is 16.3 Å². The summed E-state index contributed by atoms with van der Waals surface area (Å²) in [5, 5.41) is 7.22. The number of nitrogens with one attached hydrogen (secondary N) is 1. The van der Waals surface area contributed by atoms with E-state index in [1.54, 1.807) is 11.3 Å². The molecule has 1 atom stereocenters. The van der Waals surface area contributed by atoms with Gasteiger partial charge < -0.3 is 10.2 Å². The van der Waals surface area contributed by atoms with Crippen LogP contribution in [0.3, 0.4) is 0 Å². The van der Waals surface area contributed by atoms with Gasteiger partial charge in [-0.05, 0) is 41.3 Å². The molecule has 0 bridgehead atoms. The standard InChI is InChI=1S/C15H18N2OS2/c1-2-13-12-6-9-20-14(12)5-7-17(13)15(18)16-10-11-4-3-8-19-11/h3-4,6,8-9,13H,2,5,7,10H2,1H3,(H,16,18). The van der Waals surface area contributed by atoms with Crippen LogP contribution in [0.4, 0.5) is 4.79 Å². The number of carbonyl (C=O) groups excluding carboxylic acids is 1. The van der Waals surface area contributed by atoms with Crippen LogP contribution in [0.15, 0.2) is 29.0 Å². The molecule has 0 radical (unpaired) electrons. The summed E-state index contributed by atoms with van der Waals surface area (Å²) in [5.41, 5.74) is 1.34. The first kappa shape index (κ1) is 13.6. The maximum absolute atomic E-state index is 12.4. The third-order valence-corrected chi connectivity index (χ3v) is 5.61. The summed E-state index contributed by atoms with van der Waals surface area (Å²) in [4.78, 5) is 17.0. The summed E-state index contributed by atoms with van der Waals surface area (Å²) in [6, 6.07) is 6.53. The van der Waals surface area contributed by atoms with Crippen LogP contribution >= 0.6 is 22.7 Å². The molecule has 2 aromatic heterocycles. The average Bonchev–Trinajstić information content (AvgIpc) is 3.14. The first-order valence-corrected chi connectivity index (χ1v) is 8.68. The van der Waals surface area contributed by atoms with Crippen LogP contribution in [-0.4, -0.2) is 17.5 Å². The zero-order chi connectivity index (χ0) is 13.9. The van der Waals surface area contributed by atoms with Crippen LogP contribution in [-0.2, 0) is 13.0 Å².